The van der Waals surface area contributed by atoms with Crippen LogP contribution in [0.1, 0.15) is 31.9 Å². The topological polar surface area (TPSA) is 31.4 Å². The van der Waals surface area contributed by atoms with E-state index >= 15 is 0 Å². The van der Waals surface area contributed by atoms with Crippen LogP contribution in [-0.4, -0.2) is 11.7 Å². The number of aromatic nitrogens is 1. The van der Waals surface area contributed by atoms with Crippen LogP contribution in [0.3, 0.4) is 0 Å². The Morgan fingerprint density at radius 2 is 1.47 bits per heavy atom. The van der Waals surface area contributed by atoms with Crippen LogP contribution in [0, 0.1) is 6.92 Å². The van der Waals surface area contributed by atoms with Crippen molar-refractivity contribution in [2.24, 2.45) is 0 Å². The SMILES string of the molecule is Cc1cnc(-c2cccc3c2Oc2cccc4c2B3c2ccccc2O4)cc1C(C)(C)C. The highest BCUT2D eigenvalue weighted by molar-refractivity contribution is 6.98. The maximum absolute atomic E-state index is 6.56. The first-order chi connectivity index (χ1) is 15.4. The van der Waals surface area contributed by atoms with Crippen molar-refractivity contribution in [1.82, 2.24) is 4.98 Å². The Bertz CT molecular complexity index is 1390. The largest absolute Gasteiger partial charge is 0.458 e. The molecule has 3 heterocycles. The Hall–Kier alpha value is -3.53. The molecule has 6 rings (SSSR count). The second kappa shape index (κ2) is 6.73. The highest BCUT2D eigenvalue weighted by Gasteiger charge is 2.40. The fourth-order valence-corrected chi connectivity index (χ4v) is 5.08. The normalized spacial score (nSPS) is 13.4. The quantitative estimate of drug-likeness (QED) is 0.350. The van der Waals surface area contributed by atoms with Gasteiger partial charge in [0.05, 0.1) is 5.69 Å². The van der Waals surface area contributed by atoms with Gasteiger partial charge in [-0.05, 0) is 64.7 Å². The zero-order chi connectivity index (χ0) is 22.0. The molecule has 2 aliphatic heterocycles. The maximum atomic E-state index is 6.56. The molecule has 4 heteroatoms. The van der Waals surface area contributed by atoms with Crippen LogP contribution in [-0.2, 0) is 5.41 Å². The lowest BCUT2D eigenvalue weighted by Crippen LogP contribution is -2.57. The third kappa shape index (κ3) is 2.79. The van der Waals surface area contributed by atoms with Crippen molar-refractivity contribution in [3.05, 3.63) is 84.1 Å². The van der Waals surface area contributed by atoms with E-state index in [9.17, 15) is 0 Å². The molecular formula is C28H24BNO2. The molecule has 0 atom stereocenters. The number of aryl methyl sites for hydroxylation is 1. The summed E-state index contributed by atoms with van der Waals surface area (Å²) in [6.07, 6.45) is 1.98. The van der Waals surface area contributed by atoms with Crippen molar-refractivity contribution in [2.75, 3.05) is 0 Å². The maximum Gasteiger partial charge on any atom is 0.260 e. The molecule has 0 amide bonds. The van der Waals surface area contributed by atoms with E-state index in [0.717, 1.165) is 45.2 Å². The van der Waals surface area contributed by atoms with Crippen LogP contribution in [0.15, 0.2) is 72.9 Å². The summed E-state index contributed by atoms with van der Waals surface area (Å²) in [4.78, 5) is 4.81. The van der Waals surface area contributed by atoms with E-state index in [-0.39, 0.29) is 12.1 Å². The predicted octanol–water partition coefficient (Wildman–Crippen LogP) is 5.08. The van der Waals surface area contributed by atoms with Gasteiger partial charge in [-0.25, -0.2) is 0 Å². The van der Waals surface area contributed by atoms with Crippen LogP contribution in [0.5, 0.6) is 23.0 Å². The van der Waals surface area contributed by atoms with Gasteiger partial charge in [-0.1, -0.05) is 57.2 Å². The Morgan fingerprint density at radius 1 is 0.781 bits per heavy atom. The summed E-state index contributed by atoms with van der Waals surface area (Å²) in [6, 6.07) is 23.0. The lowest BCUT2D eigenvalue weighted by Gasteiger charge is -2.33. The van der Waals surface area contributed by atoms with Crippen molar-refractivity contribution in [3.8, 4) is 34.3 Å². The number of pyridine rings is 1. The third-order valence-electron chi connectivity index (χ3n) is 6.52. The highest BCUT2D eigenvalue weighted by Crippen LogP contribution is 2.39. The summed E-state index contributed by atoms with van der Waals surface area (Å²) < 4.78 is 12.8. The monoisotopic (exact) mass is 417 g/mol. The van der Waals surface area contributed by atoms with Gasteiger partial charge in [-0.2, -0.15) is 0 Å². The molecule has 0 bridgehead atoms. The molecule has 3 nitrogen and oxygen atoms in total. The lowest BCUT2D eigenvalue weighted by molar-refractivity contribution is 0.465. The molecule has 3 aromatic carbocycles. The summed E-state index contributed by atoms with van der Waals surface area (Å²) in [5, 5.41) is 0. The zero-order valence-corrected chi connectivity index (χ0v) is 18.8. The van der Waals surface area contributed by atoms with Gasteiger partial charge in [0.15, 0.2) is 0 Å². The smallest absolute Gasteiger partial charge is 0.260 e. The second-order valence-electron chi connectivity index (χ2n) is 9.70. The Labute approximate surface area is 189 Å². The van der Waals surface area contributed by atoms with Crippen molar-refractivity contribution < 1.29 is 9.47 Å². The highest BCUT2D eigenvalue weighted by atomic mass is 16.5. The minimum atomic E-state index is 0.0403. The van der Waals surface area contributed by atoms with Crippen LogP contribution < -0.4 is 25.9 Å². The fourth-order valence-electron chi connectivity index (χ4n) is 5.08. The Morgan fingerprint density at radius 3 is 2.28 bits per heavy atom. The average Bonchev–Trinajstić information content (AvgIpc) is 2.78. The molecule has 1 aromatic heterocycles. The minimum Gasteiger partial charge on any atom is -0.458 e. The van der Waals surface area contributed by atoms with E-state index in [2.05, 4.69) is 64.1 Å². The van der Waals surface area contributed by atoms with Crippen LogP contribution >= 0.6 is 0 Å². The number of ether oxygens (including phenoxy) is 2. The number of benzene rings is 3. The first kappa shape index (κ1) is 19.2. The van der Waals surface area contributed by atoms with Crippen LogP contribution in [0.25, 0.3) is 11.3 Å². The molecule has 0 fully saturated rings. The van der Waals surface area contributed by atoms with E-state index in [4.69, 9.17) is 14.5 Å². The third-order valence-corrected chi connectivity index (χ3v) is 6.52. The van der Waals surface area contributed by atoms with E-state index in [1.54, 1.807) is 0 Å². The second-order valence-corrected chi connectivity index (χ2v) is 9.70. The number of fused-ring (bicyclic) bond motifs is 4. The fraction of sp³-hybridized carbons (Fsp3) is 0.179. The van der Waals surface area contributed by atoms with Gasteiger partial charge in [-0.3, -0.25) is 4.98 Å². The molecule has 2 aliphatic rings. The van der Waals surface area contributed by atoms with Crippen molar-refractivity contribution in [3.63, 3.8) is 0 Å². The predicted molar refractivity (Wildman–Crippen MR) is 131 cm³/mol. The summed E-state index contributed by atoms with van der Waals surface area (Å²) in [5.74, 6) is 3.51. The molecule has 0 unspecified atom stereocenters. The van der Waals surface area contributed by atoms with Gasteiger partial charge in [0, 0.05) is 17.2 Å². The number of hydrogen-bond donors (Lipinski definition) is 0. The average molecular weight is 417 g/mol. The molecule has 0 aliphatic carbocycles. The van der Waals surface area contributed by atoms with E-state index in [1.165, 1.54) is 16.6 Å². The van der Waals surface area contributed by atoms with Gasteiger partial charge >= 0.3 is 0 Å². The number of para-hydroxylation sites is 2. The van der Waals surface area contributed by atoms with Gasteiger partial charge < -0.3 is 9.47 Å². The Kier molecular flexibility index (Phi) is 4.04. The van der Waals surface area contributed by atoms with Crippen LogP contribution in [0.2, 0.25) is 0 Å². The Balaban J connectivity index is 1.59. The van der Waals surface area contributed by atoms with E-state index in [1.807, 2.05) is 36.5 Å². The first-order valence-electron chi connectivity index (χ1n) is 11.1. The van der Waals surface area contributed by atoms with Crippen molar-refractivity contribution in [1.29, 1.82) is 0 Å². The first-order valence-corrected chi connectivity index (χ1v) is 11.1. The van der Waals surface area contributed by atoms with E-state index in [0.29, 0.717) is 0 Å². The van der Waals surface area contributed by atoms with Gasteiger partial charge in [0.25, 0.3) is 6.71 Å². The molecule has 32 heavy (non-hydrogen) atoms. The van der Waals surface area contributed by atoms with E-state index < -0.39 is 0 Å². The molecule has 0 saturated heterocycles. The van der Waals surface area contributed by atoms with Gasteiger partial charge in [0.1, 0.15) is 23.0 Å². The molecule has 0 N–H and O–H groups in total. The molecule has 0 radical (unpaired) electrons. The lowest BCUT2D eigenvalue weighted by atomic mass is 9.34. The molecule has 0 saturated carbocycles. The number of rotatable bonds is 1. The minimum absolute atomic E-state index is 0.0403. The summed E-state index contributed by atoms with van der Waals surface area (Å²) >= 11 is 0. The van der Waals surface area contributed by atoms with Gasteiger partial charge in [-0.15, -0.1) is 0 Å². The molecule has 4 aromatic rings. The number of hydrogen-bond acceptors (Lipinski definition) is 3. The molecule has 0 spiro atoms. The van der Waals surface area contributed by atoms with Crippen molar-refractivity contribution in [2.45, 2.75) is 33.1 Å². The zero-order valence-electron chi connectivity index (χ0n) is 18.8. The van der Waals surface area contributed by atoms with Crippen molar-refractivity contribution >= 4 is 23.1 Å². The summed E-state index contributed by atoms with van der Waals surface area (Å²) in [7, 11) is 0. The molecular weight excluding hydrogens is 393 g/mol. The van der Waals surface area contributed by atoms with Gasteiger partial charge in [0.2, 0.25) is 0 Å². The summed E-state index contributed by atoms with van der Waals surface area (Å²) in [5.41, 5.74) is 7.93. The van der Waals surface area contributed by atoms with Crippen LogP contribution in [0.4, 0.5) is 0 Å². The molecule has 156 valence electrons. The standard InChI is InChI=1S/C28H24BNO2/c1-17-16-30-22(15-19(17)28(2,3)4)18-9-7-11-21-27(18)32-25-14-8-13-24-26(25)29(21)20-10-5-6-12-23(20)31-24/h5-16H,1-4H3. The summed E-state index contributed by atoms with van der Waals surface area (Å²) in [6.45, 7) is 8.93. The number of nitrogens with zero attached hydrogens (tertiary/aromatic N) is 1.